The van der Waals surface area contributed by atoms with Gasteiger partial charge in [0.05, 0.1) is 6.42 Å². The number of amides is 2. The van der Waals surface area contributed by atoms with Gasteiger partial charge < -0.3 is 20.5 Å². The molecule has 0 heterocycles. The number of alkyl carbamates (subject to hydrolysis) is 1. The van der Waals surface area contributed by atoms with E-state index in [1.54, 1.807) is 0 Å². The van der Waals surface area contributed by atoms with E-state index in [0.717, 1.165) is 54.4 Å². The normalized spacial score (nSPS) is 22.3. The Morgan fingerprint density at radius 1 is 0.914 bits per heavy atom. The molecule has 3 aliphatic carbocycles. The molecule has 2 amide bonds. The highest BCUT2D eigenvalue weighted by Crippen LogP contribution is 2.44. The van der Waals surface area contributed by atoms with Crippen LogP contribution in [0.1, 0.15) is 68.4 Å². The molecule has 0 bridgehead atoms. The fourth-order valence-electron chi connectivity index (χ4n) is 6.22. The monoisotopic (exact) mass is 476 g/mol. The highest BCUT2D eigenvalue weighted by Gasteiger charge is 2.45. The first kappa shape index (κ1) is 23.4. The van der Waals surface area contributed by atoms with Gasteiger partial charge in [-0.15, -0.1) is 0 Å². The summed E-state index contributed by atoms with van der Waals surface area (Å²) < 4.78 is 5.71. The van der Waals surface area contributed by atoms with E-state index >= 15 is 0 Å². The van der Waals surface area contributed by atoms with E-state index in [4.69, 9.17) is 4.74 Å². The Morgan fingerprint density at radius 2 is 1.54 bits per heavy atom. The Kier molecular flexibility index (Phi) is 6.50. The van der Waals surface area contributed by atoms with Crippen LogP contribution in [0.15, 0.2) is 48.5 Å². The minimum atomic E-state index is -1.00. The summed E-state index contributed by atoms with van der Waals surface area (Å²) in [6.45, 7) is 0.195. The second-order valence-corrected chi connectivity index (χ2v) is 10.1. The maximum absolute atomic E-state index is 13.3. The molecule has 3 aliphatic rings. The molecule has 0 radical (unpaired) electrons. The van der Waals surface area contributed by atoms with Crippen LogP contribution in [-0.2, 0) is 14.3 Å². The molecule has 3 N–H and O–H groups in total. The summed E-state index contributed by atoms with van der Waals surface area (Å²) in [6, 6.07) is 16.2. The van der Waals surface area contributed by atoms with Gasteiger partial charge in [0.2, 0.25) is 5.91 Å². The third-order valence-corrected chi connectivity index (χ3v) is 7.99. The third-order valence-electron chi connectivity index (χ3n) is 7.99. The average Bonchev–Trinajstić information content (AvgIpc) is 3.56. The number of nitrogens with one attached hydrogen (secondary N) is 2. The minimum Gasteiger partial charge on any atom is -0.481 e. The number of ether oxygens (including phenoxy) is 1. The standard InChI is InChI=1S/C28H32N2O5/c31-25(32)16-18-8-7-13-24(18)29-26(33)28(14-5-6-15-28)30-27(34)35-17-23-21-11-3-1-9-19(21)20-10-2-4-12-22(20)23/h1-4,9-12,18,23-24H,5-8,13-17H2,(H,29,33)(H,30,34)(H,31,32)/t18-,24+/m0/s1. The van der Waals surface area contributed by atoms with E-state index in [2.05, 4.69) is 34.9 Å². The lowest BCUT2D eigenvalue weighted by molar-refractivity contribution is -0.138. The summed E-state index contributed by atoms with van der Waals surface area (Å²) in [4.78, 5) is 37.5. The van der Waals surface area contributed by atoms with Gasteiger partial charge in [-0.25, -0.2) is 4.79 Å². The molecule has 2 fully saturated rings. The predicted octanol–water partition coefficient (Wildman–Crippen LogP) is 4.60. The van der Waals surface area contributed by atoms with Crippen molar-refractivity contribution in [1.29, 1.82) is 0 Å². The number of rotatable bonds is 7. The van der Waals surface area contributed by atoms with E-state index in [9.17, 15) is 19.5 Å². The molecule has 2 aromatic carbocycles. The van der Waals surface area contributed by atoms with Gasteiger partial charge in [0.15, 0.2) is 0 Å². The third kappa shape index (κ3) is 4.64. The van der Waals surface area contributed by atoms with Crippen molar-refractivity contribution < 1.29 is 24.2 Å². The molecule has 2 saturated carbocycles. The van der Waals surface area contributed by atoms with Crippen molar-refractivity contribution in [3.8, 4) is 11.1 Å². The van der Waals surface area contributed by atoms with Gasteiger partial charge in [-0.3, -0.25) is 9.59 Å². The van der Waals surface area contributed by atoms with Crippen LogP contribution in [0.4, 0.5) is 4.79 Å². The molecule has 0 unspecified atom stereocenters. The van der Waals surface area contributed by atoms with Crippen molar-refractivity contribution in [2.45, 2.75) is 68.9 Å². The topological polar surface area (TPSA) is 105 Å². The van der Waals surface area contributed by atoms with Crippen molar-refractivity contribution in [3.05, 3.63) is 59.7 Å². The smallest absolute Gasteiger partial charge is 0.408 e. The number of hydrogen-bond acceptors (Lipinski definition) is 4. The zero-order valence-electron chi connectivity index (χ0n) is 19.8. The van der Waals surface area contributed by atoms with Gasteiger partial charge in [-0.1, -0.05) is 67.8 Å². The molecule has 0 aliphatic heterocycles. The van der Waals surface area contributed by atoms with Crippen LogP contribution in [0.25, 0.3) is 11.1 Å². The molecule has 0 spiro atoms. The number of carbonyl (C=O) groups is 3. The molecular formula is C28H32N2O5. The Hall–Kier alpha value is -3.35. The van der Waals surface area contributed by atoms with Crippen LogP contribution in [0.5, 0.6) is 0 Å². The van der Waals surface area contributed by atoms with E-state index in [-0.39, 0.29) is 36.8 Å². The van der Waals surface area contributed by atoms with Crippen molar-refractivity contribution in [2.24, 2.45) is 5.92 Å². The number of carbonyl (C=O) groups excluding carboxylic acids is 2. The van der Waals surface area contributed by atoms with Crippen LogP contribution >= 0.6 is 0 Å². The van der Waals surface area contributed by atoms with Crippen LogP contribution < -0.4 is 10.6 Å². The number of hydrogen-bond donors (Lipinski definition) is 3. The lowest BCUT2D eigenvalue weighted by Gasteiger charge is -2.31. The molecule has 5 rings (SSSR count). The summed E-state index contributed by atoms with van der Waals surface area (Å²) in [7, 11) is 0. The molecule has 184 valence electrons. The predicted molar refractivity (Wildman–Crippen MR) is 131 cm³/mol. The molecule has 35 heavy (non-hydrogen) atoms. The van der Waals surface area contributed by atoms with Gasteiger partial charge in [-0.05, 0) is 53.9 Å². The minimum absolute atomic E-state index is 0.0447. The summed E-state index contributed by atoms with van der Waals surface area (Å²) in [5.74, 6) is -1.17. The number of benzene rings is 2. The maximum Gasteiger partial charge on any atom is 0.408 e. The number of carboxylic acid groups (broad SMARTS) is 1. The molecule has 2 aromatic rings. The average molecular weight is 477 g/mol. The molecule has 7 nitrogen and oxygen atoms in total. The van der Waals surface area contributed by atoms with Crippen LogP contribution in [0, 0.1) is 5.92 Å². The van der Waals surface area contributed by atoms with Crippen molar-refractivity contribution in [1.82, 2.24) is 10.6 Å². The molecular weight excluding hydrogens is 444 g/mol. The summed E-state index contributed by atoms with van der Waals surface area (Å²) in [6.07, 6.45) is 4.74. The second-order valence-electron chi connectivity index (χ2n) is 10.1. The van der Waals surface area contributed by atoms with Gasteiger partial charge in [0.25, 0.3) is 0 Å². The Labute approximate surface area is 205 Å². The first-order chi connectivity index (χ1) is 17.0. The highest BCUT2D eigenvalue weighted by atomic mass is 16.5. The van der Waals surface area contributed by atoms with Crippen molar-refractivity contribution in [3.63, 3.8) is 0 Å². The highest BCUT2D eigenvalue weighted by molar-refractivity contribution is 5.90. The lowest BCUT2D eigenvalue weighted by Crippen LogP contribution is -2.59. The van der Waals surface area contributed by atoms with Crippen LogP contribution in [0.3, 0.4) is 0 Å². The maximum atomic E-state index is 13.3. The van der Waals surface area contributed by atoms with E-state index in [0.29, 0.717) is 12.8 Å². The zero-order chi connectivity index (χ0) is 24.4. The van der Waals surface area contributed by atoms with Gasteiger partial charge >= 0.3 is 12.1 Å². The molecule has 2 atom stereocenters. The largest absolute Gasteiger partial charge is 0.481 e. The van der Waals surface area contributed by atoms with Crippen LogP contribution in [0.2, 0.25) is 0 Å². The number of carboxylic acids is 1. The van der Waals surface area contributed by atoms with E-state index in [1.807, 2.05) is 24.3 Å². The molecule has 0 saturated heterocycles. The van der Waals surface area contributed by atoms with E-state index in [1.165, 1.54) is 0 Å². The van der Waals surface area contributed by atoms with Gasteiger partial charge in [-0.2, -0.15) is 0 Å². The van der Waals surface area contributed by atoms with Crippen molar-refractivity contribution in [2.75, 3.05) is 6.61 Å². The van der Waals surface area contributed by atoms with Crippen LogP contribution in [-0.4, -0.2) is 41.3 Å². The number of fused-ring (bicyclic) bond motifs is 3. The second kappa shape index (κ2) is 9.72. The number of aliphatic carboxylic acids is 1. The lowest BCUT2D eigenvalue weighted by atomic mass is 9.94. The SMILES string of the molecule is O=C(O)C[C@@H]1CCC[C@H]1NC(=O)C1(NC(=O)OCC2c3ccccc3-c3ccccc32)CCCC1. The Balaban J connectivity index is 1.24. The van der Waals surface area contributed by atoms with Gasteiger partial charge in [0, 0.05) is 12.0 Å². The molecule has 0 aromatic heterocycles. The first-order valence-electron chi connectivity index (χ1n) is 12.6. The Morgan fingerprint density at radius 3 is 2.17 bits per heavy atom. The fourth-order valence-corrected chi connectivity index (χ4v) is 6.22. The fraction of sp³-hybridized carbons (Fsp3) is 0.464. The van der Waals surface area contributed by atoms with E-state index < -0.39 is 17.6 Å². The summed E-state index contributed by atoms with van der Waals surface area (Å²) in [5.41, 5.74) is 3.60. The summed E-state index contributed by atoms with van der Waals surface area (Å²) >= 11 is 0. The van der Waals surface area contributed by atoms with Crippen molar-refractivity contribution >= 4 is 18.0 Å². The zero-order valence-corrected chi connectivity index (χ0v) is 19.8. The van der Waals surface area contributed by atoms with Gasteiger partial charge in [0.1, 0.15) is 12.1 Å². The quantitative estimate of drug-likeness (QED) is 0.542. The Bertz CT molecular complexity index is 1080. The summed E-state index contributed by atoms with van der Waals surface area (Å²) in [5, 5.41) is 15.2. The molecule has 7 heteroatoms. The first-order valence-corrected chi connectivity index (χ1v) is 12.6.